The summed E-state index contributed by atoms with van der Waals surface area (Å²) < 4.78 is 43.6. The van der Waals surface area contributed by atoms with E-state index in [4.69, 9.17) is 4.74 Å². The average Bonchev–Trinajstić information content (AvgIpc) is 2.90. The number of amides is 2. The molecule has 0 aromatic carbocycles. The van der Waals surface area contributed by atoms with Crippen molar-refractivity contribution >= 4 is 12.0 Å². The highest BCUT2D eigenvalue weighted by Gasteiger charge is 2.64. The Morgan fingerprint density at radius 2 is 2.05 bits per heavy atom. The Morgan fingerprint density at radius 3 is 2.59 bits per heavy atom. The van der Waals surface area contributed by atoms with E-state index in [-0.39, 0.29) is 24.9 Å². The zero-order valence-corrected chi connectivity index (χ0v) is 12.2. The highest BCUT2D eigenvalue weighted by atomic mass is 19.4. The van der Waals surface area contributed by atoms with Crippen molar-refractivity contribution in [1.82, 2.24) is 9.80 Å². The summed E-state index contributed by atoms with van der Waals surface area (Å²) in [6.07, 6.45) is -4.25. The summed E-state index contributed by atoms with van der Waals surface area (Å²) in [7, 11) is 0. The van der Waals surface area contributed by atoms with Crippen LogP contribution in [0.5, 0.6) is 0 Å². The third-order valence-electron chi connectivity index (χ3n) is 4.91. The zero-order valence-electron chi connectivity index (χ0n) is 12.2. The lowest BCUT2D eigenvalue weighted by Crippen LogP contribution is -2.36. The van der Waals surface area contributed by atoms with Crippen LogP contribution in [0.4, 0.5) is 18.0 Å². The van der Waals surface area contributed by atoms with E-state index in [1.165, 1.54) is 4.90 Å². The van der Waals surface area contributed by atoms with Gasteiger partial charge < -0.3 is 14.5 Å². The van der Waals surface area contributed by atoms with Gasteiger partial charge in [0.25, 0.3) is 0 Å². The lowest BCUT2D eigenvalue weighted by molar-refractivity contribution is -0.192. The van der Waals surface area contributed by atoms with Crippen LogP contribution in [0.15, 0.2) is 0 Å². The highest BCUT2D eigenvalue weighted by Crippen LogP contribution is 2.60. The minimum absolute atomic E-state index is 0.0547. The summed E-state index contributed by atoms with van der Waals surface area (Å²) in [5.74, 6) is -0.294. The second-order valence-electron chi connectivity index (χ2n) is 6.51. The van der Waals surface area contributed by atoms with Gasteiger partial charge >= 0.3 is 12.3 Å². The molecule has 3 rings (SSSR count). The van der Waals surface area contributed by atoms with E-state index in [9.17, 15) is 22.8 Å². The van der Waals surface area contributed by atoms with Gasteiger partial charge in [-0.05, 0) is 25.2 Å². The molecule has 22 heavy (non-hydrogen) atoms. The van der Waals surface area contributed by atoms with Crippen molar-refractivity contribution in [2.75, 3.05) is 32.8 Å². The van der Waals surface area contributed by atoms with Crippen LogP contribution in [0.2, 0.25) is 0 Å². The number of alkyl halides is 3. The van der Waals surface area contributed by atoms with Gasteiger partial charge in [-0.15, -0.1) is 0 Å². The van der Waals surface area contributed by atoms with Crippen LogP contribution < -0.4 is 0 Å². The van der Waals surface area contributed by atoms with Gasteiger partial charge in [-0.2, -0.15) is 13.2 Å². The Kier molecular flexibility index (Phi) is 3.72. The van der Waals surface area contributed by atoms with Crippen molar-refractivity contribution in [2.45, 2.75) is 31.9 Å². The monoisotopic (exact) mass is 320 g/mol. The van der Waals surface area contributed by atoms with Crippen molar-refractivity contribution < 1.29 is 27.5 Å². The van der Waals surface area contributed by atoms with E-state index in [0.29, 0.717) is 39.2 Å². The molecule has 2 amide bonds. The Bertz CT molecular complexity index is 476. The lowest BCUT2D eigenvalue weighted by atomic mass is 10.0. The van der Waals surface area contributed by atoms with Crippen LogP contribution in [0.3, 0.4) is 0 Å². The van der Waals surface area contributed by atoms with Crippen LogP contribution >= 0.6 is 0 Å². The van der Waals surface area contributed by atoms with Crippen LogP contribution in [-0.2, 0) is 9.53 Å². The summed E-state index contributed by atoms with van der Waals surface area (Å²) >= 11 is 0. The van der Waals surface area contributed by atoms with Crippen molar-refractivity contribution in [1.29, 1.82) is 0 Å². The van der Waals surface area contributed by atoms with Gasteiger partial charge in [0.05, 0.1) is 12.0 Å². The first-order valence-corrected chi connectivity index (χ1v) is 7.57. The SMILES string of the molecule is O=C(CC1(C(F)(F)F)CC1)N1CC[C@H](CN2CCOC2=O)C1. The fraction of sp³-hybridized carbons (Fsp3) is 0.857. The molecule has 0 bridgehead atoms. The molecule has 0 unspecified atom stereocenters. The summed E-state index contributed by atoms with van der Waals surface area (Å²) in [6, 6.07) is 0. The van der Waals surface area contributed by atoms with Gasteiger partial charge in [0.1, 0.15) is 6.61 Å². The summed E-state index contributed by atoms with van der Waals surface area (Å²) in [5.41, 5.74) is -1.78. The predicted molar refractivity (Wildman–Crippen MR) is 69.9 cm³/mol. The maximum Gasteiger partial charge on any atom is 0.409 e. The molecule has 8 heteroatoms. The van der Waals surface area contributed by atoms with E-state index in [2.05, 4.69) is 0 Å². The largest absolute Gasteiger partial charge is 0.448 e. The maximum absolute atomic E-state index is 12.9. The predicted octanol–water partition coefficient (Wildman–Crippen LogP) is 2.02. The lowest BCUT2D eigenvalue weighted by Gasteiger charge is -2.23. The summed E-state index contributed by atoms with van der Waals surface area (Å²) in [4.78, 5) is 26.6. The van der Waals surface area contributed by atoms with Gasteiger partial charge in [0.2, 0.25) is 5.91 Å². The highest BCUT2D eigenvalue weighted by molar-refractivity contribution is 5.78. The fourth-order valence-electron chi connectivity index (χ4n) is 3.22. The topological polar surface area (TPSA) is 49.9 Å². The van der Waals surface area contributed by atoms with Gasteiger partial charge in [-0.1, -0.05) is 0 Å². The molecule has 2 aliphatic heterocycles. The third-order valence-corrected chi connectivity index (χ3v) is 4.91. The molecule has 2 saturated heterocycles. The zero-order chi connectivity index (χ0) is 16.0. The Hall–Kier alpha value is -1.47. The van der Waals surface area contributed by atoms with Crippen LogP contribution in [0.25, 0.3) is 0 Å². The Morgan fingerprint density at radius 1 is 1.32 bits per heavy atom. The molecular weight excluding hydrogens is 301 g/mol. The number of hydrogen-bond donors (Lipinski definition) is 0. The second kappa shape index (κ2) is 5.31. The molecule has 2 heterocycles. The minimum atomic E-state index is -4.29. The quantitative estimate of drug-likeness (QED) is 0.796. The molecule has 0 N–H and O–H groups in total. The molecule has 3 aliphatic rings. The number of rotatable bonds is 4. The average molecular weight is 320 g/mol. The standard InChI is InChI=1S/C14H19F3N2O3/c15-14(16,17)13(2-3-13)7-11(20)18-4-1-10(8-18)9-19-5-6-22-12(19)21/h10H,1-9H2/t10-/m0/s1. The molecule has 0 radical (unpaired) electrons. The number of cyclic esters (lactones) is 1. The van der Waals surface area contributed by atoms with E-state index >= 15 is 0 Å². The number of halogens is 3. The number of nitrogens with zero attached hydrogens (tertiary/aromatic N) is 2. The van der Waals surface area contributed by atoms with Crippen LogP contribution in [0, 0.1) is 11.3 Å². The second-order valence-corrected chi connectivity index (χ2v) is 6.51. The van der Waals surface area contributed by atoms with E-state index < -0.39 is 23.9 Å². The molecule has 1 aliphatic carbocycles. The molecule has 5 nitrogen and oxygen atoms in total. The number of ether oxygens (including phenoxy) is 1. The van der Waals surface area contributed by atoms with E-state index in [1.54, 1.807) is 4.90 Å². The molecular formula is C14H19F3N2O3. The van der Waals surface area contributed by atoms with Gasteiger partial charge in [0, 0.05) is 26.1 Å². The van der Waals surface area contributed by atoms with Crippen molar-refractivity contribution in [3.63, 3.8) is 0 Å². The van der Waals surface area contributed by atoms with Crippen LogP contribution in [0.1, 0.15) is 25.7 Å². The first-order chi connectivity index (χ1) is 10.3. The molecule has 3 fully saturated rings. The maximum atomic E-state index is 12.9. The summed E-state index contributed by atoms with van der Waals surface area (Å²) in [5, 5.41) is 0. The molecule has 1 atom stereocenters. The minimum Gasteiger partial charge on any atom is -0.448 e. The number of likely N-dealkylation sites (tertiary alicyclic amines) is 1. The molecule has 0 aromatic rings. The first kappa shape index (κ1) is 15.4. The number of hydrogen-bond acceptors (Lipinski definition) is 3. The van der Waals surface area contributed by atoms with Crippen molar-refractivity contribution in [3.05, 3.63) is 0 Å². The smallest absolute Gasteiger partial charge is 0.409 e. The molecule has 124 valence electrons. The van der Waals surface area contributed by atoms with E-state index in [1.807, 2.05) is 0 Å². The number of carbonyl (C=O) groups excluding carboxylic acids is 2. The third kappa shape index (κ3) is 2.87. The van der Waals surface area contributed by atoms with Gasteiger partial charge in [-0.3, -0.25) is 4.79 Å². The van der Waals surface area contributed by atoms with Crippen LogP contribution in [-0.4, -0.2) is 60.8 Å². The molecule has 0 spiro atoms. The number of carbonyl (C=O) groups is 2. The Balaban J connectivity index is 1.50. The van der Waals surface area contributed by atoms with Crippen molar-refractivity contribution in [3.8, 4) is 0 Å². The normalized spacial score (nSPS) is 27.2. The summed E-state index contributed by atoms with van der Waals surface area (Å²) in [6.45, 7) is 2.33. The first-order valence-electron chi connectivity index (χ1n) is 7.57. The van der Waals surface area contributed by atoms with Gasteiger partial charge in [-0.25, -0.2) is 4.79 Å². The molecule has 0 aromatic heterocycles. The Labute approximate surface area is 126 Å². The van der Waals surface area contributed by atoms with Crippen molar-refractivity contribution in [2.24, 2.45) is 11.3 Å². The fourth-order valence-corrected chi connectivity index (χ4v) is 3.22. The van der Waals surface area contributed by atoms with E-state index in [0.717, 1.165) is 0 Å². The molecule has 1 saturated carbocycles. The van der Waals surface area contributed by atoms with Gasteiger partial charge in [0.15, 0.2) is 0 Å².